The molecular weight excluding hydrogens is 383 g/mol. The number of hydrogen-bond donors (Lipinski definition) is 1. The molecule has 29 heavy (non-hydrogen) atoms. The smallest absolute Gasteiger partial charge is 0.406 e. The van der Waals surface area contributed by atoms with Crippen molar-refractivity contribution in [2.75, 3.05) is 18.0 Å². The number of nitrogens with zero attached hydrogens (tertiary/aromatic N) is 2. The van der Waals surface area contributed by atoms with Gasteiger partial charge in [-0.05, 0) is 42.8 Å². The number of carbonyl (C=O) groups excluding carboxylic acids is 1. The molecule has 2 heterocycles. The Morgan fingerprint density at radius 1 is 1.10 bits per heavy atom. The second-order valence-corrected chi connectivity index (χ2v) is 6.82. The van der Waals surface area contributed by atoms with Gasteiger partial charge in [0.2, 0.25) is 0 Å². The van der Waals surface area contributed by atoms with Gasteiger partial charge in [-0.1, -0.05) is 18.2 Å². The molecular formula is C21H18F3N3O2. The van der Waals surface area contributed by atoms with Gasteiger partial charge in [-0.2, -0.15) is 0 Å². The molecule has 0 bridgehead atoms. The van der Waals surface area contributed by atoms with Crippen molar-refractivity contribution >= 4 is 22.5 Å². The maximum absolute atomic E-state index is 12.5. The third kappa shape index (κ3) is 4.42. The van der Waals surface area contributed by atoms with Crippen LogP contribution in [0.2, 0.25) is 0 Å². The number of anilines is 1. The molecule has 150 valence electrons. The lowest BCUT2D eigenvalue weighted by molar-refractivity contribution is -0.274. The van der Waals surface area contributed by atoms with E-state index in [-0.39, 0.29) is 23.3 Å². The number of ether oxygens (including phenoxy) is 1. The zero-order chi connectivity index (χ0) is 20.4. The number of benzene rings is 2. The Labute approximate surface area is 165 Å². The highest BCUT2D eigenvalue weighted by Gasteiger charge is 2.31. The molecule has 2 aromatic carbocycles. The van der Waals surface area contributed by atoms with Gasteiger partial charge in [0.15, 0.2) is 0 Å². The molecule has 1 saturated heterocycles. The lowest BCUT2D eigenvalue weighted by Crippen LogP contribution is -2.37. The topological polar surface area (TPSA) is 54.5 Å². The van der Waals surface area contributed by atoms with E-state index in [2.05, 4.69) is 19.9 Å². The molecule has 3 aromatic rings. The summed E-state index contributed by atoms with van der Waals surface area (Å²) in [7, 11) is 0. The molecule has 0 aliphatic carbocycles. The van der Waals surface area contributed by atoms with Crippen LogP contribution in [0.5, 0.6) is 5.75 Å². The minimum absolute atomic E-state index is 0.0551. The molecule has 0 radical (unpaired) electrons. The molecule has 8 heteroatoms. The monoisotopic (exact) mass is 401 g/mol. The minimum Gasteiger partial charge on any atom is -0.406 e. The van der Waals surface area contributed by atoms with Crippen molar-refractivity contribution in [1.82, 2.24) is 10.3 Å². The zero-order valence-corrected chi connectivity index (χ0v) is 15.3. The SMILES string of the molecule is O=C(NC1CCN(c2ccnc3ccccc23)C1)c1ccc(OC(F)(F)F)cc1. The maximum atomic E-state index is 12.5. The van der Waals surface area contributed by atoms with Crippen LogP contribution in [0.4, 0.5) is 18.9 Å². The molecule has 5 nitrogen and oxygen atoms in total. The van der Waals surface area contributed by atoms with Gasteiger partial charge in [-0.25, -0.2) is 0 Å². The van der Waals surface area contributed by atoms with Crippen molar-refractivity contribution in [3.8, 4) is 5.75 Å². The van der Waals surface area contributed by atoms with E-state index in [9.17, 15) is 18.0 Å². The Morgan fingerprint density at radius 3 is 2.62 bits per heavy atom. The number of carbonyl (C=O) groups is 1. The molecule has 4 rings (SSSR count). The summed E-state index contributed by atoms with van der Waals surface area (Å²) in [5.74, 6) is -0.680. The molecule has 1 aliphatic rings. The van der Waals surface area contributed by atoms with E-state index in [0.717, 1.165) is 41.7 Å². The fraction of sp³-hybridized carbons (Fsp3) is 0.238. The standard InChI is InChI=1S/C21H18F3N3O2/c22-21(23,24)29-16-7-5-14(6-8-16)20(28)26-15-10-12-27(13-15)19-9-11-25-18-4-2-1-3-17(18)19/h1-9,11,15H,10,12-13H2,(H,26,28). The Hall–Kier alpha value is -3.29. The van der Waals surface area contributed by atoms with E-state index in [1.54, 1.807) is 6.20 Å². The Kier molecular flexibility index (Phi) is 5.00. The van der Waals surface area contributed by atoms with E-state index in [1.165, 1.54) is 12.1 Å². The normalized spacial score (nSPS) is 16.8. The quantitative estimate of drug-likeness (QED) is 0.714. The lowest BCUT2D eigenvalue weighted by atomic mass is 10.1. The first kappa shape index (κ1) is 19.0. The third-order valence-electron chi connectivity index (χ3n) is 4.84. The highest BCUT2D eigenvalue weighted by Crippen LogP contribution is 2.28. The number of aromatic nitrogens is 1. The van der Waals surface area contributed by atoms with Gasteiger partial charge in [0.1, 0.15) is 5.75 Å². The van der Waals surface area contributed by atoms with Crippen molar-refractivity contribution in [3.05, 3.63) is 66.4 Å². The van der Waals surface area contributed by atoms with Crippen LogP contribution in [0.25, 0.3) is 10.9 Å². The first-order chi connectivity index (χ1) is 13.9. The largest absolute Gasteiger partial charge is 0.573 e. The average molecular weight is 401 g/mol. The highest BCUT2D eigenvalue weighted by atomic mass is 19.4. The molecule has 1 amide bonds. The van der Waals surface area contributed by atoms with E-state index in [0.29, 0.717) is 6.54 Å². The van der Waals surface area contributed by atoms with Gasteiger partial charge < -0.3 is 15.0 Å². The summed E-state index contributed by atoms with van der Waals surface area (Å²) in [6.07, 6.45) is -2.21. The van der Waals surface area contributed by atoms with Crippen LogP contribution in [0, 0.1) is 0 Å². The van der Waals surface area contributed by atoms with Crippen LogP contribution in [-0.2, 0) is 0 Å². The zero-order valence-electron chi connectivity index (χ0n) is 15.3. The Morgan fingerprint density at radius 2 is 1.86 bits per heavy atom. The number of nitrogens with one attached hydrogen (secondary N) is 1. The second-order valence-electron chi connectivity index (χ2n) is 6.82. The number of para-hydroxylation sites is 1. The third-order valence-corrected chi connectivity index (χ3v) is 4.84. The van der Waals surface area contributed by atoms with E-state index >= 15 is 0 Å². The molecule has 1 atom stereocenters. The van der Waals surface area contributed by atoms with Gasteiger partial charge in [0, 0.05) is 42.0 Å². The first-order valence-corrected chi connectivity index (χ1v) is 9.14. The average Bonchev–Trinajstić information content (AvgIpc) is 3.15. The van der Waals surface area contributed by atoms with E-state index in [1.807, 2.05) is 30.3 Å². The summed E-state index contributed by atoms with van der Waals surface area (Å²) < 4.78 is 40.5. The number of amides is 1. The molecule has 0 spiro atoms. The molecule has 1 unspecified atom stereocenters. The Bertz CT molecular complexity index is 1020. The van der Waals surface area contributed by atoms with Gasteiger partial charge in [-0.3, -0.25) is 9.78 Å². The van der Waals surface area contributed by atoms with Crippen molar-refractivity contribution in [3.63, 3.8) is 0 Å². The fourth-order valence-electron chi connectivity index (χ4n) is 3.53. The van der Waals surface area contributed by atoms with Gasteiger partial charge >= 0.3 is 6.36 Å². The van der Waals surface area contributed by atoms with Crippen molar-refractivity contribution in [2.45, 2.75) is 18.8 Å². The Balaban J connectivity index is 1.40. The second kappa shape index (κ2) is 7.62. The van der Waals surface area contributed by atoms with Crippen molar-refractivity contribution in [2.24, 2.45) is 0 Å². The molecule has 0 saturated carbocycles. The maximum Gasteiger partial charge on any atom is 0.573 e. The number of halogens is 3. The number of rotatable bonds is 4. The van der Waals surface area contributed by atoms with Gasteiger partial charge in [-0.15, -0.1) is 13.2 Å². The van der Waals surface area contributed by atoms with Crippen molar-refractivity contribution < 1.29 is 22.7 Å². The number of alkyl halides is 3. The molecule has 1 N–H and O–H groups in total. The molecule has 1 aliphatic heterocycles. The van der Waals surface area contributed by atoms with Gasteiger partial charge in [0.25, 0.3) is 5.91 Å². The molecule has 1 aromatic heterocycles. The summed E-state index contributed by atoms with van der Waals surface area (Å²) >= 11 is 0. The van der Waals surface area contributed by atoms with Crippen LogP contribution >= 0.6 is 0 Å². The summed E-state index contributed by atoms with van der Waals surface area (Å²) in [6, 6.07) is 14.7. The van der Waals surface area contributed by atoms with Gasteiger partial charge in [0.05, 0.1) is 5.52 Å². The predicted molar refractivity (Wildman–Crippen MR) is 103 cm³/mol. The minimum atomic E-state index is -4.76. The van der Waals surface area contributed by atoms with Crippen LogP contribution in [0.1, 0.15) is 16.8 Å². The van der Waals surface area contributed by atoms with E-state index in [4.69, 9.17) is 0 Å². The number of hydrogen-bond acceptors (Lipinski definition) is 4. The summed E-state index contributed by atoms with van der Waals surface area (Å²) in [6.45, 7) is 1.44. The summed E-state index contributed by atoms with van der Waals surface area (Å²) in [4.78, 5) is 19.0. The lowest BCUT2D eigenvalue weighted by Gasteiger charge is -2.20. The van der Waals surface area contributed by atoms with Crippen LogP contribution in [0.3, 0.4) is 0 Å². The number of pyridine rings is 1. The number of fused-ring (bicyclic) bond motifs is 1. The molecule has 1 fully saturated rings. The summed E-state index contributed by atoms with van der Waals surface area (Å²) in [5.41, 5.74) is 2.27. The predicted octanol–water partition coefficient (Wildman–Crippen LogP) is 4.14. The van der Waals surface area contributed by atoms with Crippen LogP contribution < -0.4 is 15.0 Å². The fourth-order valence-corrected chi connectivity index (χ4v) is 3.53. The first-order valence-electron chi connectivity index (χ1n) is 9.14. The van der Waals surface area contributed by atoms with Crippen LogP contribution in [0.15, 0.2) is 60.8 Å². The highest BCUT2D eigenvalue weighted by molar-refractivity contribution is 5.95. The van der Waals surface area contributed by atoms with Crippen molar-refractivity contribution in [1.29, 1.82) is 0 Å². The summed E-state index contributed by atoms with van der Waals surface area (Å²) in [5, 5.41) is 4.01. The van der Waals surface area contributed by atoms with Crippen LogP contribution in [-0.4, -0.2) is 36.4 Å². The van der Waals surface area contributed by atoms with E-state index < -0.39 is 6.36 Å².